The fraction of sp³-hybridized carbons (Fsp3) is 0.462. The third-order valence-corrected chi connectivity index (χ3v) is 2.64. The summed E-state index contributed by atoms with van der Waals surface area (Å²) in [7, 11) is 0. The molecule has 1 atom stereocenters. The van der Waals surface area contributed by atoms with Crippen LogP contribution in [0.25, 0.3) is 0 Å². The number of allylic oxidation sites excluding steroid dienone is 1. The van der Waals surface area contributed by atoms with Crippen LogP contribution in [-0.4, -0.2) is 18.1 Å². The highest BCUT2D eigenvalue weighted by Crippen LogP contribution is 2.24. The first kappa shape index (κ1) is 11.1. The van der Waals surface area contributed by atoms with E-state index in [0.717, 1.165) is 37.4 Å². The van der Waals surface area contributed by atoms with Crippen LogP contribution in [0.15, 0.2) is 36.2 Å². The van der Waals surface area contributed by atoms with Crippen LogP contribution in [0.2, 0.25) is 0 Å². The highest BCUT2D eigenvalue weighted by molar-refractivity contribution is 5.19. The van der Waals surface area contributed by atoms with Gasteiger partial charge in [-0.25, -0.2) is 0 Å². The molecule has 16 heavy (non-hydrogen) atoms. The minimum absolute atomic E-state index is 0.103. The van der Waals surface area contributed by atoms with E-state index < -0.39 is 0 Å². The van der Waals surface area contributed by atoms with Gasteiger partial charge in [0.2, 0.25) is 0 Å². The van der Waals surface area contributed by atoms with Gasteiger partial charge in [-0.15, -0.1) is 0 Å². The topological polar surface area (TPSA) is 34.1 Å². The average Bonchev–Trinajstić information content (AvgIpc) is 2.38. The minimum atomic E-state index is 0.103. The van der Waals surface area contributed by atoms with E-state index in [-0.39, 0.29) is 6.04 Å². The van der Waals surface area contributed by atoms with Crippen LogP contribution in [-0.2, 0) is 4.74 Å². The Morgan fingerprint density at radius 2 is 2.44 bits per heavy atom. The van der Waals surface area contributed by atoms with Gasteiger partial charge in [-0.1, -0.05) is 13.0 Å². The summed E-state index contributed by atoms with van der Waals surface area (Å²) < 4.78 is 5.71. The summed E-state index contributed by atoms with van der Waals surface area (Å²) in [5.41, 5.74) is 1.03. The van der Waals surface area contributed by atoms with Gasteiger partial charge < -0.3 is 10.1 Å². The molecule has 1 aliphatic heterocycles. The lowest BCUT2D eigenvalue weighted by molar-refractivity contribution is 0.167. The maximum Gasteiger partial charge on any atom is 0.115 e. The maximum absolute atomic E-state index is 5.71. The van der Waals surface area contributed by atoms with Crippen molar-refractivity contribution in [3.63, 3.8) is 0 Å². The van der Waals surface area contributed by atoms with Crippen LogP contribution in [0.3, 0.4) is 0 Å². The number of aromatic nitrogens is 1. The Morgan fingerprint density at radius 3 is 3.06 bits per heavy atom. The van der Waals surface area contributed by atoms with Gasteiger partial charge in [0.15, 0.2) is 0 Å². The third kappa shape index (κ3) is 2.61. The Balaban J connectivity index is 2.19. The molecule has 0 aromatic carbocycles. The van der Waals surface area contributed by atoms with Gasteiger partial charge in [0.05, 0.1) is 12.3 Å². The van der Waals surface area contributed by atoms with Crippen molar-refractivity contribution < 1.29 is 4.74 Å². The standard InChI is InChI=1S/C13H18N2O/c1-2-14-13(11-7-3-5-9-15-11)12-8-4-6-10-16-12/h3,5,7-9,13-14H,2,4,6,10H2,1H3. The Labute approximate surface area is 96.5 Å². The molecule has 0 spiro atoms. The van der Waals surface area contributed by atoms with Gasteiger partial charge in [-0.05, 0) is 37.6 Å². The quantitative estimate of drug-likeness (QED) is 0.842. The first-order valence-corrected chi connectivity index (χ1v) is 5.89. The average molecular weight is 218 g/mol. The van der Waals surface area contributed by atoms with Crippen molar-refractivity contribution in [1.82, 2.24) is 10.3 Å². The molecule has 1 aliphatic rings. The molecule has 0 amide bonds. The van der Waals surface area contributed by atoms with Crippen LogP contribution >= 0.6 is 0 Å². The monoisotopic (exact) mass is 218 g/mol. The van der Waals surface area contributed by atoms with E-state index in [0.29, 0.717) is 0 Å². The second kappa shape index (κ2) is 5.66. The number of hydrogen-bond donors (Lipinski definition) is 1. The predicted molar refractivity (Wildman–Crippen MR) is 63.9 cm³/mol. The Morgan fingerprint density at radius 1 is 1.50 bits per heavy atom. The summed E-state index contributed by atoms with van der Waals surface area (Å²) in [6.45, 7) is 3.82. The normalized spacial score (nSPS) is 17.4. The zero-order valence-electron chi connectivity index (χ0n) is 9.65. The number of hydrogen-bond acceptors (Lipinski definition) is 3. The van der Waals surface area contributed by atoms with Gasteiger partial charge >= 0.3 is 0 Å². The van der Waals surface area contributed by atoms with E-state index >= 15 is 0 Å². The lowest BCUT2D eigenvalue weighted by Gasteiger charge is -2.23. The van der Waals surface area contributed by atoms with E-state index in [9.17, 15) is 0 Å². The molecule has 86 valence electrons. The maximum atomic E-state index is 5.71. The summed E-state index contributed by atoms with van der Waals surface area (Å²) in [4.78, 5) is 4.39. The molecule has 3 heteroatoms. The molecule has 0 saturated carbocycles. The first-order valence-electron chi connectivity index (χ1n) is 5.89. The van der Waals surface area contributed by atoms with E-state index in [2.05, 4.69) is 23.3 Å². The first-order chi connectivity index (χ1) is 7.92. The molecule has 0 radical (unpaired) electrons. The van der Waals surface area contributed by atoms with Crippen LogP contribution in [0.5, 0.6) is 0 Å². The highest BCUT2D eigenvalue weighted by Gasteiger charge is 2.19. The van der Waals surface area contributed by atoms with Gasteiger partial charge in [0, 0.05) is 6.20 Å². The van der Waals surface area contributed by atoms with Crippen molar-refractivity contribution in [3.05, 3.63) is 41.9 Å². The number of ether oxygens (including phenoxy) is 1. The zero-order valence-corrected chi connectivity index (χ0v) is 9.65. The minimum Gasteiger partial charge on any atom is -0.496 e. The van der Waals surface area contributed by atoms with Crippen molar-refractivity contribution >= 4 is 0 Å². The van der Waals surface area contributed by atoms with Crippen molar-refractivity contribution in [2.24, 2.45) is 0 Å². The number of nitrogens with zero attached hydrogens (tertiary/aromatic N) is 1. The summed E-state index contributed by atoms with van der Waals surface area (Å²) in [6.07, 6.45) is 6.21. The second-order valence-corrected chi connectivity index (χ2v) is 3.84. The smallest absolute Gasteiger partial charge is 0.115 e. The fourth-order valence-corrected chi connectivity index (χ4v) is 1.88. The van der Waals surface area contributed by atoms with E-state index in [1.165, 1.54) is 0 Å². The van der Waals surface area contributed by atoms with E-state index in [4.69, 9.17) is 4.74 Å². The van der Waals surface area contributed by atoms with Crippen molar-refractivity contribution in [1.29, 1.82) is 0 Å². The second-order valence-electron chi connectivity index (χ2n) is 3.84. The Hall–Kier alpha value is -1.35. The summed E-state index contributed by atoms with van der Waals surface area (Å²) in [6, 6.07) is 6.08. The van der Waals surface area contributed by atoms with Crippen LogP contribution in [0, 0.1) is 0 Å². The van der Waals surface area contributed by atoms with Crippen molar-refractivity contribution in [3.8, 4) is 0 Å². The SMILES string of the molecule is CCNC(C1=CCCCO1)c1ccccn1. The summed E-state index contributed by atoms with van der Waals surface area (Å²) in [5, 5.41) is 3.41. The zero-order chi connectivity index (χ0) is 11.2. The molecule has 0 aliphatic carbocycles. The molecular formula is C13H18N2O. The van der Waals surface area contributed by atoms with Crippen LogP contribution in [0.1, 0.15) is 31.5 Å². The molecule has 2 rings (SSSR count). The van der Waals surface area contributed by atoms with Gasteiger partial charge in [-0.3, -0.25) is 4.98 Å². The third-order valence-electron chi connectivity index (χ3n) is 2.64. The largest absolute Gasteiger partial charge is 0.496 e. The molecule has 1 unspecified atom stereocenters. The number of nitrogens with one attached hydrogen (secondary N) is 1. The lowest BCUT2D eigenvalue weighted by atomic mass is 10.1. The summed E-state index contributed by atoms with van der Waals surface area (Å²) >= 11 is 0. The molecule has 1 N–H and O–H groups in total. The van der Waals surface area contributed by atoms with Gasteiger partial charge in [0.25, 0.3) is 0 Å². The van der Waals surface area contributed by atoms with Gasteiger partial charge in [-0.2, -0.15) is 0 Å². The molecule has 0 bridgehead atoms. The lowest BCUT2D eigenvalue weighted by Crippen LogP contribution is -2.26. The van der Waals surface area contributed by atoms with Crippen LogP contribution in [0.4, 0.5) is 0 Å². The molecule has 1 aromatic heterocycles. The molecular weight excluding hydrogens is 200 g/mol. The van der Waals surface area contributed by atoms with E-state index in [1.807, 2.05) is 24.4 Å². The molecule has 1 aromatic rings. The number of likely N-dealkylation sites (N-methyl/N-ethyl adjacent to an activating group) is 1. The van der Waals surface area contributed by atoms with Crippen molar-refractivity contribution in [2.45, 2.75) is 25.8 Å². The fourth-order valence-electron chi connectivity index (χ4n) is 1.88. The molecule has 0 saturated heterocycles. The Bertz CT molecular complexity index is 348. The van der Waals surface area contributed by atoms with Crippen molar-refractivity contribution in [2.75, 3.05) is 13.2 Å². The number of pyridine rings is 1. The van der Waals surface area contributed by atoms with Gasteiger partial charge in [0.1, 0.15) is 11.8 Å². The Kier molecular flexibility index (Phi) is 3.94. The molecule has 2 heterocycles. The number of rotatable bonds is 4. The summed E-state index contributed by atoms with van der Waals surface area (Å²) in [5.74, 6) is 1.02. The predicted octanol–water partition coefficient (Wildman–Crippen LogP) is 2.43. The molecule has 3 nitrogen and oxygen atoms in total. The molecule has 0 fully saturated rings. The highest BCUT2D eigenvalue weighted by atomic mass is 16.5. The van der Waals surface area contributed by atoms with E-state index in [1.54, 1.807) is 0 Å². The van der Waals surface area contributed by atoms with Crippen LogP contribution < -0.4 is 5.32 Å².